The Bertz CT molecular complexity index is 1690. The van der Waals surface area contributed by atoms with Crippen LogP contribution < -0.4 is 5.32 Å². The normalized spacial score (nSPS) is 15.4. The minimum atomic E-state index is -0.422. The number of amides is 1. The first kappa shape index (κ1) is 27.5. The van der Waals surface area contributed by atoms with Gasteiger partial charge in [0.15, 0.2) is 0 Å². The zero-order chi connectivity index (χ0) is 28.5. The molecule has 1 amide bonds. The van der Waals surface area contributed by atoms with Gasteiger partial charge in [0.2, 0.25) is 5.91 Å². The standard InChI is InChI=1S/C35H36ClN3O2/c1-22-18-23(2)39-32-17-16-28(36)20-29(32)30(34(39)37-22)19-24-12-14-27(15-13-24)33(26-10-6-7-11-26)35(41)38-31(21-40)25-8-4-3-5-9-25/h3-5,8-9,12-18,20,26,31,33,40H,6-7,10-11,19,21H2,1-2H3,(H,38,41)/t31-,33-/m0/s1. The lowest BCUT2D eigenvalue weighted by atomic mass is 9.83. The molecular weight excluding hydrogens is 530 g/mol. The van der Waals surface area contributed by atoms with Gasteiger partial charge < -0.3 is 10.4 Å². The van der Waals surface area contributed by atoms with Gasteiger partial charge in [0, 0.05) is 33.8 Å². The van der Waals surface area contributed by atoms with Crippen LogP contribution in [0, 0.1) is 19.8 Å². The Kier molecular flexibility index (Phi) is 7.83. The Morgan fingerprint density at radius 2 is 1.73 bits per heavy atom. The second-order valence-corrected chi connectivity index (χ2v) is 11.9. The number of nitrogens with one attached hydrogen (secondary N) is 1. The Morgan fingerprint density at radius 3 is 2.44 bits per heavy atom. The molecule has 5 nitrogen and oxygen atoms in total. The maximum Gasteiger partial charge on any atom is 0.228 e. The molecule has 41 heavy (non-hydrogen) atoms. The van der Waals surface area contributed by atoms with Crippen LogP contribution in [0.1, 0.15) is 71.3 Å². The van der Waals surface area contributed by atoms with Crippen LogP contribution in [-0.4, -0.2) is 27.0 Å². The van der Waals surface area contributed by atoms with Crippen LogP contribution in [0.3, 0.4) is 0 Å². The highest BCUT2D eigenvalue weighted by Gasteiger charge is 2.33. The van der Waals surface area contributed by atoms with Gasteiger partial charge in [0.05, 0.1) is 24.1 Å². The number of aliphatic hydroxyl groups is 1. The SMILES string of the molecule is Cc1cc(C)n2c(n1)c(Cc1ccc([C@@H](C(=O)N[C@@H](CO)c3ccccc3)C3CCCC3)cc1)c1cc(Cl)ccc12. The van der Waals surface area contributed by atoms with E-state index in [4.69, 9.17) is 16.6 Å². The average molecular weight is 566 g/mol. The smallest absolute Gasteiger partial charge is 0.228 e. The number of aliphatic hydroxyl groups excluding tert-OH is 1. The monoisotopic (exact) mass is 565 g/mol. The molecular formula is C35H36ClN3O2. The predicted octanol–water partition coefficient (Wildman–Crippen LogP) is 7.47. The maximum atomic E-state index is 13.8. The molecule has 0 unspecified atom stereocenters. The van der Waals surface area contributed by atoms with Crippen LogP contribution in [0.4, 0.5) is 0 Å². The number of hydrogen-bond donors (Lipinski definition) is 2. The molecule has 1 aliphatic rings. The van der Waals surface area contributed by atoms with Gasteiger partial charge in [-0.25, -0.2) is 4.98 Å². The first-order valence-corrected chi connectivity index (χ1v) is 14.9. The average Bonchev–Trinajstić information content (AvgIpc) is 3.60. The summed E-state index contributed by atoms with van der Waals surface area (Å²) in [5, 5.41) is 15.1. The summed E-state index contributed by atoms with van der Waals surface area (Å²) in [5.74, 6) is 0.0422. The number of rotatable bonds is 8. The van der Waals surface area contributed by atoms with Crippen molar-refractivity contribution in [2.75, 3.05) is 6.61 Å². The van der Waals surface area contributed by atoms with Crippen LogP contribution in [-0.2, 0) is 11.2 Å². The lowest BCUT2D eigenvalue weighted by Gasteiger charge is -2.26. The van der Waals surface area contributed by atoms with Crippen molar-refractivity contribution in [2.24, 2.45) is 5.92 Å². The van der Waals surface area contributed by atoms with E-state index in [1.165, 1.54) is 0 Å². The molecule has 0 bridgehead atoms. The van der Waals surface area contributed by atoms with Crippen molar-refractivity contribution >= 4 is 34.1 Å². The van der Waals surface area contributed by atoms with E-state index >= 15 is 0 Å². The van der Waals surface area contributed by atoms with Gasteiger partial charge >= 0.3 is 0 Å². The van der Waals surface area contributed by atoms with Crippen molar-refractivity contribution in [3.63, 3.8) is 0 Å². The van der Waals surface area contributed by atoms with Gasteiger partial charge in [0.25, 0.3) is 0 Å². The first-order chi connectivity index (χ1) is 19.9. The number of nitrogens with zero attached hydrogens (tertiary/aromatic N) is 2. The van der Waals surface area contributed by atoms with Gasteiger partial charge in [-0.3, -0.25) is 9.20 Å². The highest BCUT2D eigenvalue weighted by Crippen LogP contribution is 2.38. The molecule has 210 valence electrons. The maximum absolute atomic E-state index is 13.8. The molecule has 1 aliphatic carbocycles. The van der Waals surface area contributed by atoms with Gasteiger partial charge in [-0.05, 0) is 73.6 Å². The van der Waals surface area contributed by atoms with Crippen LogP contribution >= 0.6 is 11.6 Å². The quantitative estimate of drug-likeness (QED) is 0.205. The van der Waals surface area contributed by atoms with Crippen molar-refractivity contribution in [1.29, 1.82) is 0 Å². The number of carbonyl (C=O) groups is 1. The molecule has 1 saturated carbocycles. The summed E-state index contributed by atoms with van der Waals surface area (Å²) in [6.45, 7) is 4.01. The molecule has 2 heterocycles. The number of hydrogen-bond acceptors (Lipinski definition) is 3. The summed E-state index contributed by atoms with van der Waals surface area (Å²) in [4.78, 5) is 18.7. The Hall–Kier alpha value is -3.67. The highest BCUT2D eigenvalue weighted by molar-refractivity contribution is 6.31. The first-order valence-electron chi connectivity index (χ1n) is 14.5. The fourth-order valence-electron chi connectivity index (χ4n) is 6.69. The van der Waals surface area contributed by atoms with Crippen LogP contribution in [0.15, 0.2) is 78.9 Å². The van der Waals surface area contributed by atoms with Gasteiger partial charge in [-0.2, -0.15) is 0 Å². The molecule has 0 radical (unpaired) electrons. The number of benzene rings is 3. The van der Waals surface area contributed by atoms with Crippen molar-refractivity contribution in [3.05, 3.63) is 118 Å². The van der Waals surface area contributed by atoms with Crippen LogP contribution in [0.5, 0.6) is 0 Å². The molecule has 3 aromatic carbocycles. The minimum Gasteiger partial charge on any atom is -0.394 e. The molecule has 0 aliphatic heterocycles. The number of carbonyl (C=O) groups excluding carboxylic acids is 1. The number of fused-ring (bicyclic) bond motifs is 3. The van der Waals surface area contributed by atoms with E-state index in [2.05, 4.69) is 53.0 Å². The van der Waals surface area contributed by atoms with E-state index in [1.54, 1.807) is 0 Å². The van der Waals surface area contributed by atoms with E-state index in [0.29, 0.717) is 17.4 Å². The Morgan fingerprint density at radius 1 is 1.00 bits per heavy atom. The summed E-state index contributed by atoms with van der Waals surface area (Å²) < 4.78 is 2.22. The van der Waals surface area contributed by atoms with Crippen molar-refractivity contribution in [2.45, 2.75) is 57.9 Å². The second kappa shape index (κ2) is 11.7. The second-order valence-electron chi connectivity index (χ2n) is 11.4. The third-order valence-electron chi connectivity index (χ3n) is 8.63. The minimum absolute atomic E-state index is 0.0123. The van der Waals surface area contributed by atoms with Gasteiger partial charge in [0.1, 0.15) is 5.65 Å². The summed E-state index contributed by atoms with van der Waals surface area (Å²) in [5.41, 5.74) is 8.45. The molecule has 6 rings (SSSR count). The zero-order valence-electron chi connectivity index (χ0n) is 23.6. The third-order valence-corrected chi connectivity index (χ3v) is 8.87. The molecule has 2 N–H and O–H groups in total. The highest BCUT2D eigenvalue weighted by atomic mass is 35.5. The molecule has 2 atom stereocenters. The number of halogens is 1. The lowest BCUT2D eigenvalue weighted by molar-refractivity contribution is -0.124. The van der Waals surface area contributed by atoms with E-state index in [0.717, 1.165) is 75.9 Å². The zero-order valence-corrected chi connectivity index (χ0v) is 24.4. The van der Waals surface area contributed by atoms with Gasteiger partial charge in [-0.1, -0.05) is 79.0 Å². The third kappa shape index (κ3) is 5.49. The molecule has 1 fully saturated rings. The fraction of sp³-hybridized carbons (Fsp3) is 0.314. The molecule has 0 spiro atoms. The lowest BCUT2D eigenvalue weighted by Crippen LogP contribution is -2.37. The fourth-order valence-corrected chi connectivity index (χ4v) is 6.86. The Balaban J connectivity index is 1.31. The summed E-state index contributed by atoms with van der Waals surface area (Å²) in [6, 6.07) is 25.9. The van der Waals surface area contributed by atoms with E-state index < -0.39 is 6.04 Å². The van der Waals surface area contributed by atoms with Crippen molar-refractivity contribution in [3.8, 4) is 0 Å². The molecule has 5 aromatic rings. The number of aryl methyl sites for hydroxylation is 2. The van der Waals surface area contributed by atoms with Crippen molar-refractivity contribution in [1.82, 2.24) is 14.7 Å². The van der Waals surface area contributed by atoms with E-state index in [9.17, 15) is 9.90 Å². The van der Waals surface area contributed by atoms with Crippen LogP contribution in [0.25, 0.3) is 16.6 Å². The molecule has 2 aromatic heterocycles. The van der Waals surface area contributed by atoms with Crippen molar-refractivity contribution < 1.29 is 9.90 Å². The van der Waals surface area contributed by atoms with E-state index in [-0.39, 0.29) is 18.4 Å². The van der Waals surface area contributed by atoms with E-state index in [1.807, 2.05) is 49.4 Å². The predicted molar refractivity (Wildman–Crippen MR) is 166 cm³/mol. The Labute approximate surface area is 246 Å². The largest absolute Gasteiger partial charge is 0.394 e. The van der Waals surface area contributed by atoms with Gasteiger partial charge in [-0.15, -0.1) is 0 Å². The van der Waals surface area contributed by atoms with Crippen LogP contribution in [0.2, 0.25) is 5.02 Å². The summed E-state index contributed by atoms with van der Waals surface area (Å²) in [6.07, 6.45) is 5.10. The topological polar surface area (TPSA) is 66.6 Å². The number of aromatic nitrogens is 2. The molecule has 6 heteroatoms. The summed E-state index contributed by atoms with van der Waals surface area (Å²) in [7, 11) is 0. The summed E-state index contributed by atoms with van der Waals surface area (Å²) >= 11 is 6.44. The molecule has 0 saturated heterocycles.